The Balaban J connectivity index is 2.08. The zero-order valence-corrected chi connectivity index (χ0v) is 14.4. The molecule has 0 spiro atoms. The van der Waals surface area contributed by atoms with E-state index < -0.39 is 16.4 Å². The molecular formula is C18H19N3O5. The first kappa shape index (κ1) is 18.9. The van der Waals surface area contributed by atoms with Gasteiger partial charge in [0.2, 0.25) is 11.7 Å². The Kier molecular flexibility index (Phi) is 6.26. The van der Waals surface area contributed by atoms with Gasteiger partial charge in [-0.05, 0) is 25.5 Å². The van der Waals surface area contributed by atoms with Crippen molar-refractivity contribution in [3.05, 3.63) is 63.2 Å². The van der Waals surface area contributed by atoms with E-state index in [2.05, 4.69) is 10.5 Å². The molecule has 0 saturated carbocycles. The molecule has 0 fully saturated rings. The SMILES string of the molecule is CCOc1cc(/C=N/NC(=O)Cc2ccc(C)cc2)cc([N+](=O)[O-])c1O. The molecule has 2 N–H and O–H groups in total. The lowest BCUT2D eigenvalue weighted by Crippen LogP contribution is -2.19. The highest BCUT2D eigenvalue weighted by atomic mass is 16.6. The van der Waals surface area contributed by atoms with Gasteiger partial charge in [0.1, 0.15) is 0 Å². The van der Waals surface area contributed by atoms with Crippen molar-refractivity contribution in [3.63, 3.8) is 0 Å². The number of hydrazone groups is 1. The Hall–Kier alpha value is -3.42. The van der Waals surface area contributed by atoms with Crippen LogP contribution in [-0.4, -0.2) is 28.8 Å². The number of nitro groups is 1. The molecule has 0 aromatic heterocycles. The average molecular weight is 357 g/mol. The molecule has 0 saturated heterocycles. The van der Waals surface area contributed by atoms with Gasteiger partial charge in [-0.1, -0.05) is 29.8 Å². The number of aryl methyl sites for hydroxylation is 1. The molecule has 2 aromatic rings. The first-order valence-electron chi connectivity index (χ1n) is 7.92. The zero-order valence-electron chi connectivity index (χ0n) is 14.4. The number of nitro benzene ring substituents is 1. The van der Waals surface area contributed by atoms with Crippen LogP contribution in [0.2, 0.25) is 0 Å². The van der Waals surface area contributed by atoms with Crippen molar-refractivity contribution in [1.82, 2.24) is 5.43 Å². The molecule has 2 aromatic carbocycles. The van der Waals surface area contributed by atoms with Gasteiger partial charge in [0.15, 0.2) is 5.75 Å². The fraction of sp³-hybridized carbons (Fsp3) is 0.222. The molecule has 0 heterocycles. The van der Waals surface area contributed by atoms with Crippen molar-refractivity contribution in [1.29, 1.82) is 0 Å². The quantitative estimate of drug-likeness (QED) is 0.449. The molecule has 0 aliphatic carbocycles. The molecule has 136 valence electrons. The largest absolute Gasteiger partial charge is 0.500 e. The molecule has 8 nitrogen and oxygen atoms in total. The summed E-state index contributed by atoms with van der Waals surface area (Å²) in [6.07, 6.45) is 1.42. The van der Waals surface area contributed by atoms with E-state index in [4.69, 9.17) is 4.74 Å². The van der Waals surface area contributed by atoms with Gasteiger partial charge in [0, 0.05) is 11.6 Å². The minimum Gasteiger partial charge on any atom is -0.500 e. The van der Waals surface area contributed by atoms with Crippen LogP contribution < -0.4 is 10.2 Å². The number of phenolic OH excluding ortho intramolecular Hbond substituents is 1. The summed E-state index contributed by atoms with van der Waals surface area (Å²) in [6.45, 7) is 3.89. The van der Waals surface area contributed by atoms with Crippen LogP contribution in [0.3, 0.4) is 0 Å². The maximum Gasteiger partial charge on any atom is 0.315 e. The van der Waals surface area contributed by atoms with Crippen molar-refractivity contribution >= 4 is 17.8 Å². The highest BCUT2D eigenvalue weighted by molar-refractivity contribution is 5.85. The van der Waals surface area contributed by atoms with Gasteiger partial charge in [-0.15, -0.1) is 0 Å². The number of benzene rings is 2. The van der Waals surface area contributed by atoms with Gasteiger partial charge in [-0.25, -0.2) is 5.43 Å². The smallest absolute Gasteiger partial charge is 0.315 e. The normalized spacial score (nSPS) is 10.7. The van der Waals surface area contributed by atoms with Crippen molar-refractivity contribution in [2.75, 3.05) is 6.61 Å². The molecule has 0 unspecified atom stereocenters. The maximum absolute atomic E-state index is 11.9. The number of ether oxygens (including phenoxy) is 1. The number of nitrogens with zero attached hydrogens (tertiary/aromatic N) is 2. The van der Waals surface area contributed by atoms with E-state index in [0.29, 0.717) is 5.56 Å². The number of nitrogens with one attached hydrogen (secondary N) is 1. The predicted molar refractivity (Wildman–Crippen MR) is 96.5 cm³/mol. The standard InChI is InChI=1S/C18H19N3O5/c1-3-26-16-9-14(8-15(18(16)23)21(24)25)11-19-20-17(22)10-13-6-4-12(2)5-7-13/h4-9,11,23H,3,10H2,1-2H3,(H,20,22)/b19-11+. The highest BCUT2D eigenvalue weighted by Gasteiger charge is 2.19. The number of hydrogen-bond donors (Lipinski definition) is 2. The number of phenols is 1. The zero-order chi connectivity index (χ0) is 19.1. The van der Waals surface area contributed by atoms with Gasteiger partial charge >= 0.3 is 5.69 Å². The molecule has 8 heteroatoms. The third-order valence-electron chi connectivity index (χ3n) is 3.46. The number of rotatable bonds is 7. The number of carbonyl (C=O) groups is 1. The molecule has 0 aliphatic rings. The second-order valence-electron chi connectivity index (χ2n) is 5.53. The Morgan fingerprint density at radius 2 is 2.04 bits per heavy atom. The topological polar surface area (TPSA) is 114 Å². The summed E-state index contributed by atoms with van der Waals surface area (Å²) in [7, 11) is 0. The van der Waals surface area contributed by atoms with Crippen LogP contribution in [0.1, 0.15) is 23.6 Å². The summed E-state index contributed by atoms with van der Waals surface area (Å²) in [5.74, 6) is -0.880. The second-order valence-corrected chi connectivity index (χ2v) is 5.53. The number of hydrogen-bond acceptors (Lipinski definition) is 6. The van der Waals surface area contributed by atoms with Crippen molar-refractivity contribution < 1.29 is 19.6 Å². The van der Waals surface area contributed by atoms with Crippen molar-refractivity contribution in [2.24, 2.45) is 5.10 Å². The number of aromatic hydroxyl groups is 1. The van der Waals surface area contributed by atoms with Crippen LogP contribution >= 0.6 is 0 Å². The maximum atomic E-state index is 11.9. The van der Waals surface area contributed by atoms with E-state index in [1.807, 2.05) is 31.2 Å². The first-order valence-corrected chi connectivity index (χ1v) is 7.92. The van der Waals surface area contributed by atoms with E-state index in [-0.39, 0.29) is 24.7 Å². The second kappa shape index (κ2) is 8.61. The summed E-state index contributed by atoms with van der Waals surface area (Å²) in [6, 6.07) is 10.1. The van der Waals surface area contributed by atoms with Gasteiger partial charge in [-0.3, -0.25) is 14.9 Å². The monoisotopic (exact) mass is 357 g/mol. The highest BCUT2D eigenvalue weighted by Crippen LogP contribution is 2.36. The van der Waals surface area contributed by atoms with Crippen LogP contribution in [0.5, 0.6) is 11.5 Å². The number of amides is 1. The van der Waals surface area contributed by atoms with Crippen LogP contribution in [0.15, 0.2) is 41.5 Å². The lowest BCUT2D eigenvalue weighted by molar-refractivity contribution is -0.386. The van der Waals surface area contributed by atoms with E-state index in [1.54, 1.807) is 6.92 Å². The summed E-state index contributed by atoms with van der Waals surface area (Å²) in [4.78, 5) is 22.2. The Morgan fingerprint density at radius 1 is 1.35 bits per heavy atom. The molecule has 0 aliphatic heterocycles. The molecule has 1 amide bonds. The number of carbonyl (C=O) groups excluding carboxylic acids is 1. The lowest BCUT2D eigenvalue weighted by Gasteiger charge is -2.07. The first-order chi connectivity index (χ1) is 12.4. The third-order valence-corrected chi connectivity index (χ3v) is 3.46. The average Bonchev–Trinajstić information content (AvgIpc) is 2.59. The van der Waals surface area contributed by atoms with Gasteiger partial charge in [-0.2, -0.15) is 5.10 Å². The Labute approximate surface area is 150 Å². The minimum absolute atomic E-state index is 0.0193. The van der Waals surface area contributed by atoms with Crippen LogP contribution in [-0.2, 0) is 11.2 Å². The third kappa shape index (κ3) is 5.04. The molecule has 0 bridgehead atoms. The van der Waals surface area contributed by atoms with Crippen LogP contribution in [0.4, 0.5) is 5.69 Å². The molecule has 26 heavy (non-hydrogen) atoms. The molecule has 0 radical (unpaired) electrons. The van der Waals surface area contributed by atoms with Crippen LogP contribution in [0, 0.1) is 17.0 Å². The van der Waals surface area contributed by atoms with Gasteiger partial charge in [0.05, 0.1) is 24.2 Å². The fourth-order valence-corrected chi connectivity index (χ4v) is 2.20. The Bertz CT molecular complexity index is 831. The molecule has 0 atom stereocenters. The summed E-state index contributed by atoms with van der Waals surface area (Å²) in [5, 5.41) is 24.6. The van der Waals surface area contributed by atoms with E-state index in [0.717, 1.165) is 17.2 Å². The predicted octanol–water partition coefficient (Wildman–Crippen LogP) is 2.70. The van der Waals surface area contributed by atoms with E-state index >= 15 is 0 Å². The molecular weight excluding hydrogens is 338 g/mol. The summed E-state index contributed by atoms with van der Waals surface area (Å²) >= 11 is 0. The van der Waals surface area contributed by atoms with Crippen molar-refractivity contribution in [3.8, 4) is 11.5 Å². The summed E-state index contributed by atoms with van der Waals surface area (Å²) in [5.41, 5.74) is 4.14. The van der Waals surface area contributed by atoms with E-state index in [1.165, 1.54) is 12.3 Å². The fourth-order valence-electron chi connectivity index (χ4n) is 2.20. The van der Waals surface area contributed by atoms with Gasteiger partial charge < -0.3 is 9.84 Å². The lowest BCUT2D eigenvalue weighted by atomic mass is 10.1. The van der Waals surface area contributed by atoms with Gasteiger partial charge in [0.25, 0.3) is 0 Å². The summed E-state index contributed by atoms with van der Waals surface area (Å²) < 4.78 is 5.18. The minimum atomic E-state index is -0.717. The molecule has 2 rings (SSSR count). The van der Waals surface area contributed by atoms with E-state index in [9.17, 15) is 20.0 Å². The van der Waals surface area contributed by atoms with Crippen molar-refractivity contribution in [2.45, 2.75) is 20.3 Å². The van der Waals surface area contributed by atoms with Crippen LogP contribution in [0.25, 0.3) is 0 Å². The Morgan fingerprint density at radius 3 is 2.65 bits per heavy atom.